The van der Waals surface area contributed by atoms with Crippen LogP contribution in [-0.2, 0) is 6.54 Å². The molecule has 0 saturated heterocycles. The molecule has 4 nitrogen and oxygen atoms in total. The normalized spacial score (nSPS) is 24.2. The molecule has 1 aromatic rings. The van der Waals surface area contributed by atoms with Crippen molar-refractivity contribution in [2.45, 2.75) is 46.1 Å². The third kappa shape index (κ3) is 2.78. The fourth-order valence-corrected chi connectivity index (χ4v) is 3.23. The minimum atomic E-state index is 0.00438. The maximum Gasteiger partial charge on any atom is 0.291 e. The number of nitrogens with zero attached hydrogens (tertiary/aromatic N) is 2. The predicted octanol–water partition coefficient (Wildman–Crippen LogP) is 3.26. The third-order valence-electron chi connectivity index (χ3n) is 4.90. The molecule has 3 rings (SSSR count). The van der Waals surface area contributed by atoms with Crippen molar-refractivity contribution in [3.8, 4) is 0 Å². The smallest absolute Gasteiger partial charge is 0.291 e. The summed E-state index contributed by atoms with van der Waals surface area (Å²) in [6.07, 6.45) is 6.71. The molecule has 0 aliphatic heterocycles. The Bertz CT molecular complexity index is 563. The van der Waals surface area contributed by atoms with Gasteiger partial charge < -0.3 is 5.32 Å². The fourth-order valence-electron chi connectivity index (χ4n) is 2.83. The van der Waals surface area contributed by atoms with E-state index < -0.39 is 0 Å². The van der Waals surface area contributed by atoms with Crippen LogP contribution in [0.1, 0.15) is 39.5 Å². The van der Waals surface area contributed by atoms with Crippen molar-refractivity contribution in [1.29, 1.82) is 0 Å². The summed E-state index contributed by atoms with van der Waals surface area (Å²) in [5, 5.41) is 7.58. The first-order valence-electron chi connectivity index (χ1n) is 7.47. The zero-order chi connectivity index (χ0) is 14.3. The number of aromatic nitrogens is 2. The monoisotopic (exact) mass is 339 g/mol. The zero-order valence-corrected chi connectivity index (χ0v) is 13.7. The Balaban J connectivity index is 1.71. The van der Waals surface area contributed by atoms with Crippen LogP contribution in [0.3, 0.4) is 0 Å². The van der Waals surface area contributed by atoms with Crippen LogP contribution in [0.2, 0.25) is 0 Å². The maximum atomic E-state index is 12.5. The van der Waals surface area contributed by atoms with Crippen LogP contribution in [0.5, 0.6) is 0 Å². The summed E-state index contributed by atoms with van der Waals surface area (Å²) >= 11 is 3.44. The van der Waals surface area contributed by atoms with E-state index in [1.54, 1.807) is 10.9 Å². The maximum absolute atomic E-state index is 12.5. The molecule has 5 heteroatoms. The molecule has 2 fully saturated rings. The number of hydrogen-bond donors (Lipinski definition) is 1. The first-order valence-corrected chi connectivity index (χ1v) is 8.26. The average Bonchev–Trinajstić information content (AvgIpc) is 2.93. The summed E-state index contributed by atoms with van der Waals surface area (Å²) < 4.78 is 2.39. The lowest BCUT2D eigenvalue weighted by atomic mass is 9.85. The second kappa shape index (κ2) is 5.17. The minimum Gasteiger partial charge on any atom is -0.379 e. The van der Waals surface area contributed by atoms with Gasteiger partial charge >= 0.3 is 0 Å². The van der Waals surface area contributed by atoms with Crippen LogP contribution in [0.25, 0.3) is 0 Å². The minimum absolute atomic E-state index is 0.00438. The summed E-state index contributed by atoms with van der Waals surface area (Å²) in [6.45, 7) is 6.18. The molecule has 1 atom stereocenters. The summed E-state index contributed by atoms with van der Waals surface area (Å²) in [4.78, 5) is 12.5. The van der Waals surface area contributed by atoms with Gasteiger partial charge in [0.25, 0.3) is 5.56 Å². The predicted molar refractivity (Wildman–Crippen MR) is 83.9 cm³/mol. The van der Waals surface area contributed by atoms with E-state index in [9.17, 15) is 4.79 Å². The van der Waals surface area contributed by atoms with Crippen molar-refractivity contribution in [1.82, 2.24) is 9.78 Å². The molecule has 0 amide bonds. The van der Waals surface area contributed by atoms with Gasteiger partial charge in [-0.15, -0.1) is 0 Å². The summed E-state index contributed by atoms with van der Waals surface area (Å²) in [6, 6.07) is 0. The van der Waals surface area contributed by atoms with Crippen molar-refractivity contribution >= 4 is 21.6 Å². The zero-order valence-electron chi connectivity index (χ0n) is 12.2. The van der Waals surface area contributed by atoms with Crippen molar-refractivity contribution in [2.75, 3.05) is 11.9 Å². The number of anilines is 1. The highest BCUT2D eigenvalue weighted by Gasteiger charge is 2.45. The van der Waals surface area contributed by atoms with E-state index >= 15 is 0 Å². The van der Waals surface area contributed by atoms with Crippen LogP contribution in [0.15, 0.2) is 15.5 Å². The quantitative estimate of drug-likeness (QED) is 0.895. The van der Waals surface area contributed by atoms with Crippen LogP contribution in [0.4, 0.5) is 5.69 Å². The van der Waals surface area contributed by atoms with E-state index in [4.69, 9.17) is 0 Å². The SMILES string of the molecule is CC1(C)CC1CNc1c(Br)cnn(CC2CCC2)c1=O. The first kappa shape index (κ1) is 14.1. The molecule has 0 aromatic carbocycles. The van der Waals surface area contributed by atoms with E-state index in [0.29, 0.717) is 22.9 Å². The van der Waals surface area contributed by atoms with E-state index in [1.165, 1.54) is 25.7 Å². The standard InChI is InChI=1S/C15H22BrN3O/c1-15(2)6-11(15)7-17-13-12(16)8-18-19(14(13)20)9-10-4-3-5-10/h8,10-11,17H,3-7,9H2,1-2H3. The highest BCUT2D eigenvalue weighted by atomic mass is 79.9. The number of nitrogens with one attached hydrogen (secondary N) is 1. The molecule has 0 spiro atoms. The van der Waals surface area contributed by atoms with Crippen molar-refractivity contribution in [3.05, 3.63) is 21.0 Å². The van der Waals surface area contributed by atoms with Gasteiger partial charge in [0, 0.05) is 13.1 Å². The molecular formula is C15H22BrN3O. The fraction of sp³-hybridized carbons (Fsp3) is 0.733. The van der Waals surface area contributed by atoms with Crippen LogP contribution in [0, 0.1) is 17.3 Å². The largest absolute Gasteiger partial charge is 0.379 e. The average molecular weight is 340 g/mol. The van der Waals surface area contributed by atoms with E-state index in [0.717, 1.165) is 17.6 Å². The third-order valence-corrected chi connectivity index (χ3v) is 5.50. The number of rotatable bonds is 5. The van der Waals surface area contributed by atoms with Crippen LogP contribution in [-0.4, -0.2) is 16.3 Å². The van der Waals surface area contributed by atoms with Gasteiger partial charge in [0.2, 0.25) is 0 Å². The molecular weight excluding hydrogens is 318 g/mol. The molecule has 2 saturated carbocycles. The highest BCUT2D eigenvalue weighted by Crippen LogP contribution is 2.51. The highest BCUT2D eigenvalue weighted by molar-refractivity contribution is 9.10. The molecule has 1 unspecified atom stereocenters. The molecule has 2 aliphatic rings. The van der Waals surface area contributed by atoms with Crippen molar-refractivity contribution < 1.29 is 0 Å². The molecule has 110 valence electrons. The van der Waals surface area contributed by atoms with Crippen LogP contribution < -0.4 is 10.9 Å². The first-order chi connectivity index (χ1) is 9.47. The Kier molecular flexibility index (Phi) is 3.65. The summed E-state index contributed by atoms with van der Waals surface area (Å²) in [7, 11) is 0. The second-order valence-electron chi connectivity index (χ2n) is 6.92. The number of hydrogen-bond acceptors (Lipinski definition) is 3. The number of halogens is 1. The molecule has 1 aromatic heterocycles. The van der Waals surface area contributed by atoms with Gasteiger partial charge in [-0.05, 0) is 52.4 Å². The summed E-state index contributed by atoms with van der Waals surface area (Å²) in [5.74, 6) is 1.30. The van der Waals surface area contributed by atoms with Gasteiger partial charge in [-0.3, -0.25) is 4.79 Å². The van der Waals surface area contributed by atoms with E-state index in [1.807, 2.05) is 0 Å². The van der Waals surface area contributed by atoms with Gasteiger partial charge in [0.1, 0.15) is 5.69 Å². The molecule has 1 heterocycles. The lowest BCUT2D eigenvalue weighted by Gasteiger charge is -2.25. The molecule has 0 bridgehead atoms. The van der Waals surface area contributed by atoms with Gasteiger partial charge in [-0.2, -0.15) is 5.10 Å². The van der Waals surface area contributed by atoms with Crippen molar-refractivity contribution in [2.24, 2.45) is 17.3 Å². The Morgan fingerprint density at radius 3 is 2.75 bits per heavy atom. The van der Waals surface area contributed by atoms with Gasteiger partial charge in [-0.1, -0.05) is 20.3 Å². The Labute approximate surface area is 128 Å². The Hall–Kier alpha value is -0.840. The molecule has 2 aliphatic carbocycles. The second-order valence-corrected chi connectivity index (χ2v) is 7.78. The van der Waals surface area contributed by atoms with Crippen molar-refractivity contribution in [3.63, 3.8) is 0 Å². The summed E-state index contributed by atoms with van der Waals surface area (Å²) in [5.41, 5.74) is 1.10. The molecule has 0 radical (unpaired) electrons. The van der Waals surface area contributed by atoms with Gasteiger partial charge in [-0.25, -0.2) is 4.68 Å². The Morgan fingerprint density at radius 2 is 2.20 bits per heavy atom. The Morgan fingerprint density at radius 1 is 1.50 bits per heavy atom. The van der Waals surface area contributed by atoms with Crippen LogP contribution >= 0.6 is 15.9 Å². The van der Waals surface area contributed by atoms with E-state index in [2.05, 4.69) is 40.2 Å². The lowest BCUT2D eigenvalue weighted by Crippen LogP contribution is -2.31. The lowest BCUT2D eigenvalue weighted by molar-refractivity contribution is 0.262. The van der Waals surface area contributed by atoms with E-state index in [-0.39, 0.29) is 5.56 Å². The topological polar surface area (TPSA) is 46.9 Å². The molecule has 1 N–H and O–H groups in total. The molecule has 20 heavy (non-hydrogen) atoms. The van der Waals surface area contributed by atoms with Gasteiger partial charge in [0.15, 0.2) is 0 Å². The van der Waals surface area contributed by atoms with Gasteiger partial charge in [0.05, 0.1) is 10.7 Å².